The molecule has 0 bridgehead atoms. The fraction of sp³-hybridized carbons (Fsp3) is 0.316. The lowest BCUT2D eigenvalue weighted by molar-refractivity contribution is 0.0915. The molecule has 1 amide bonds. The zero-order chi connectivity index (χ0) is 17.8. The van der Waals surface area contributed by atoms with Crippen molar-refractivity contribution in [2.45, 2.75) is 33.6 Å². The number of nitrogens with zero attached hydrogens (tertiary/aromatic N) is 1. The molecule has 0 radical (unpaired) electrons. The molecule has 2 heterocycles. The number of hydrogen-bond donors (Lipinski definition) is 1. The second-order valence-electron chi connectivity index (χ2n) is 7.24. The van der Waals surface area contributed by atoms with Crippen LogP contribution in [0.1, 0.15) is 50.9 Å². The van der Waals surface area contributed by atoms with Crippen molar-refractivity contribution in [2.24, 2.45) is 5.41 Å². The number of carbonyl (C=O) groups excluding carboxylic acids is 2. The van der Waals surface area contributed by atoms with E-state index in [4.69, 9.17) is 0 Å². The van der Waals surface area contributed by atoms with Crippen molar-refractivity contribution in [2.75, 3.05) is 5.32 Å². The minimum Gasteiger partial charge on any atom is -0.297 e. The van der Waals surface area contributed by atoms with Crippen molar-refractivity contribution in [3.63, 3.8) is 0 Å². The number of thiophene rings is 1. The number of rotatable bonds is 2. The summed E-state index contributed by atoms with van der Waals surface area (Å²) < 4.78 is 1.10. The summed E-state index contributed by atoms with van der Waals surface area (Å²) in [7, 11) is 0. The molecule has 0 spiro atoms. The highest BCUT2D eigenvalue weighted by molar-refractivity contribution is 7.21. The maximum absolute atomic E-state index is 12.7. The van der Waals surface area contributed by atoms with Gasteiger partial charge >= 0.3 is 0 Å². The van der Waals surface area contributed by atoms with E-state index in [0.29, 0.717) is 21.3 Å². The number of carbonyl (C=O) groups is 2. The number of ketones is 1. The van der Waals surface area contributed by atoms with E-state index in [1.54, 1.807) is 0 Å². The number of Topliss-reactive ketones (excluding diaryl/α,β-unsaturated/α-hetero) is 1. The third-order valence-corrected chi connectivity index (χ3v) is 6.83. The molecular formula is C19H18N2O2S2. The Bertz CT molecular complexity index is 1010. The van der Waals surface area contributed by atoms with E-state index in [1.165, 1.54) is 22.7 Å². The summed E-state index contributed by atoms with van der Waals surface area (Å²) in [6.45, 7) is 6.12. The first-order valence-electron chi connectivity index (χ1n) is 8.16. The zero-order valence-corrected chi connectivity index (χ0v) is 15.9. The molecule has 1 aliphatic rings. The van der Waals surface area contributed by atoms with Crippen molar-refractivity contribution in [1.29, 1.82) is 0 Å². The number of aromatic nitrogens is 1. The van der Waals surface area contributed by atoms with Crippen molar-refractivity contribution in [3.8, 4) is 0 Å². The van der Waals surface area contributed by atoms with Gasteiger partial charge in [0.2, 0.25) is 0 Å². The van der Waals surface area contributed by atoms with E-state index in [0.717, 1.165) is 27.8 Å². The fourth-order valence-electron chi connectivity index (χ4n) is 3.32. The van der Waals surface area contributed by atoms with Gasteiger partial charge in [0.05, 0.1) is 15.4 Å². The van der Waals surface area contributed by atoms with Crippen LogP contribution in [0.3, 0.4) is 0 Å². The molecule has 1 aliphatic carbocycles. The second-order valence-corrected chi connectivity index (χ2v) is 9.29. The van der Waals surface area contributed by atoms with Crippen LogP contribution in [0.25, 0.3) is 10.1 Å². The maximum atomic E-state index is 12.7. The summed E-state index contributed by atoms with van der Waals surface area (Å²) in [4.78, 5) is 30.9. The van der Waals surface area contributed by atoms with Gasteiger partial charge in [-0.3, -0.25) is 14.9 Å². The Morgan fingerprint density at radius 3 is 2.72 bits per heavy atom. The molecule has 0 saturated heterocycles. The van der Waals surface area contributed by atoms with Gasteiger partial charge in [-0.1, -0.05) is 43.4 Å². The van der Waals surface area contributed by atoms with Crippen LogP contribution in [0.2, 0.25) is 0 Å². The van der Waals surface area contributed by atoms with Crippen LogP contribution in [-0.4, -0.2) is 16.7 Å². The van der Waals surface area contributed by atoms with Crippen LogP contribution in [-0.2, 0) is 6.42 Å². The van der Waals surface area contributed by atoms with Crippen LogP contribution >= 0.6 is 22.7 Å². The van der Waals surface area contributed by atoms with E-state index < -0.39 is 0 Å². The zero-order valence-electron chi connectivity index (χ0n) is 14.3. The van der Waals surface area contributed by atoms with Crippen LogP contribution < -0.4 is 5.32 Å². The van der Waals surface area contributed by atoms with Crippen molar-refractivity contribution in [1.82, 2.24) is 4.98 Å². The number of amides is 1. The molecule has 0 atom stereocenters. The summed E-state index contributed by atoms with van der Waals surface area (Å²) in [5, 5.41) is 4.51. The van der Waals surface area contributed by atoms with Gasteiger partial charge in [-0.25, -0.2) is 4.98 Å². The monoisotopic (exact) mass is 370 g/mol. The van der Waals surface area contributed by atoms with Gasteiger partial charge in [-0.05, 0) is 35.8 Å². The number of thiazole rings is 1. The number of anilines is 1. The predicted octanol–water partition coefficient (Wildman–Crippen LogP) is 5.07. The molecule has 25 heavy (non-hydrogen) atoms. The van der Waals surface area contributed by atoms with Crippen molar-refractivity contribution < 1.29 is 9.59 Å². The van der Waals surface area contributed by atoms with E-state index >= 15 is 0 Å². The van der Waals surface area contributed by atoms with E-state index in [-0.39, 0.29) is 17.1 Å². The maximum Gasteiger partial charge on any atom is 0.267 e. The minimum atomic E-state index is -0.156. The number of nitrogens with one attached hydrogen (secondary N) is 1. The summed E-state index contributed by atoms with van der Waals surface area (Å²) in [6.07, 6.45) is 1.30. The molecule has 6 heteroatoms. The highest BCUT2D eigenvalue weighted by Gasteiger charge is 2.34. The van der Waals surface area contributed by atoms with Gasteiger partial charge in [-0.15, -0.1) is 11.3 Å². The quantitative estimate of drug-likeness (QED) is 0.685. The van der Waals surface area contributed by atoms with Crippen molar-refractivity contribution in [3.05, 3.63) is 45.3 Å². The van der Waals surface area contributed by atoms with E-state index in [1.807, 2.05) is 31.2 Å². The Morgan fingerprint density at radius 1 is 1.20 bits per heavy atom. The largest absolute Gasteiger partial charge is 0.297 e. The smallest absolute Gasteiger partial charge is 0.267 e. The Balaban J connectivity index is 1.63. The molecule has 2 aromatic heterocycles. The van der Waals surface area contributed by atoms with Gasteiger partial charge in [0.1, 0.15) is 0 Å². The summed E-state index contributed by atoms with van der Waals surface area (Å²) >= 11 is 2.78. The molecule has 0 unspecified atom stereocenters. The number of aryl methyl sites for hydroxylation is 1. The third-order valence-electron chi connectivity index (χ3n) is 4.51. The molecular weight excluding hydrogens is 352 g/mol. The molecule has 4 rings (SSSR count). The first-order valence-corrected chi connectivity index (χ1v) is 9.80. The van der Waals surface area contributed by atoms with Gasteiger partial charge in [-0.2, -0.15) is 0 Å². The van der Waals surface area contributed by atoms with Crippen LogP contribution in [0.4, 0.5) is 5.13 Å². The van der Waals surface area contributed by atoms with Crippen LogP contribution in [0, 0.1) is 12.3 Å². The topological polar surface area (TPSA) is 59.1 Å². The SMILES string of the molecule is Cc1c(C(=O)Nc2nc3c(s2)C(=O)CC(C)(C)C3)sc2ccccc12. The molecule has 1 N–H and O–H groups in total. The first kappa shape index (κ1) is 16.4. The molecule has 1 aromatic carbocycles. The summed E-state index contributed by atoms with van der Waals surface area (Å²) in [6, 6.07) is 8.00. The molecule has 0 saturated carbocycles. The lowest BCUT2D eigenvalue weighted by Gasteiger charge is -2.26. The van der Waals surface area contributed by atoms with Gasteiger partial charge in [0.25, 0.3) is 5.91 Å². The van der Waals surface area contributed by atoms with Gasteiger partial charge in [0, 0.05) is 11.1 Å². The molecule has 0 fully saturated rings. The Hall–Kier alpha value is -2.05. The molecule has 4 nitrogen and oxygen atoms in total. The second kappa shape index (κ2) is 5.75. The van der Waals surface area contributed by atoms with Gasteiger partial charge < -0.3 is 0 Å². The summed E-state index contributed by atoms with van der Waals surface area (Å²) in [5.74, 6) is -0.0289. The predicted molar refractivity (Wildman–Crippen MR) is 103 cm³/mol. The van der Waals surface area contributed by atoms with Gasteiger partial charge in [0.15, 0.2) is 10.9 Å². The Labute approximate surface area is 153 Å². The number of benzene rings is 1. The summed E-state index contributed by atoms with van der Waals surface area (Å²) in [5.41, 5.74) is 1.73. The van der Waals surface area contributed by atoms with Crippen LogP contribution in [0.15, 0.2) is 24.3 Å². The lowest BCUT2D eigenvalue weighted by atomic mass is 9.78. The molecule has 0 aliphatic heterocycles. The average molecular weight is 370 g/mol. The fourth-order valence-corrected chi connectivity index (χ4v) is 5.34. The standard InChI is InChI=1S/C19H18N2O2S2/c1-10-11-6-4-5-7-14(11)24-15(10)17(23)21-18-20-12-8-19(2,3)9-13(22)16(12)25-18/h4-7H,8-9H2,1-3H3,(H,20,21,23). The average Bonchev–Trinajstić information content (AvgIpc) is 3.08. The lowest BCUT2D eigenvalue weighted by Crippen LogP contribution is -2.26. The van der Waals surface area contributed by atoms with Crippen molar-refractivity contribution >= 4 is 49.6 Å². The molecule has 128 valence electrons. The minimum absolute atomic E-state index is 0.0680. The van der Waals surface area contributed by atoms with E-state index in [9.17, 15) is 9.59 Å². The van der Waals surface area contributed by atoms with E-state index in [2.05, 4.69) is 24.1 Å². The number of hydrogen-bond acceptors (Lipinski definition) is 5. The first-order chi connectivity index (χ1) is 11.8. The Kier molecular flexibility index (Phi) is 3.77. The van der Waals surface area contributed by atoms with Crippen LogP contribution in [0.5, 0.6) is 0 Å². The normalized spacial score (nSPS) is 16.0. The highest BCUT2D eigenvalue weighted by Crippen LogP contribution is 2.38. The number of fused-ring (bicyclic) bond motifs is 2. The highest BCUT2D eigenvalue weighted by atomic mass is 32.1. The Morgan fingerprint density at radius 2 is 1.96 bits per heavy atom. The third kappa shape index (κ3) is 2.89. The molecule has 3 aromatic rings.